The van der Waals surface area contributed by atoms with Crippen LogP contribution in [0.2, 0.25) is 0 Å². The fourth-order valence-corrected chi connectivity index (χ4v) is 11.1. The number of esters is 1. The molecule has 3 N–H and O–H groups in total. The first-order valence-corrected chi connectivity index (χ1v) is 35.1. The van der Waals surface area contributed by atoms with Gasteiger partial charge in [-0.05, 0) is 57.8 Å². The van der Waals surface area contributed by atoms with Crippen LogP contribution in [0.4, 0.5) is 0 Å². The summed E-state index contributed by atoms with van der Waals surface area (Å²) < 4.78 is 5.47. The van der Waals surface area contributed by atoms with Crippen LogP contribution in [-0.2, 0) is 14.3 Å². The van der Waals surface area contributed by atoms with Gasteiger partial charge >= 0.3 is 5.97 Å². The molecule has 0 aliphatic carbocycles. The molecular weight excluding hydrogens is 947 g/mol. The van der Waals surface area contributed by atoms with Crippen LogP contribution in [0.5, 0.6) is 0 Å². The van der Waals surface area contributed by atoms with Gasteiger partial charge in [-0.3, -0.25) is 9.59 Å². The number of unbranched alkanes of at least 4 members (excludes halogenated alkanes) is 51. The van der Waals surface area contributed by atoms with Crippen LogP contribution >= 0.6 is 0 Å². The minimum Gasteiger partial charge on any atom is -0.466 e. The largest absolute Gasteiger partial charge is 0.466 e. The number of allylic oxidation sites excluding steroid dienone is 4. The van der Waals surface area contributed by atoms with Gasteiger partial charge in [0.25, 0.3) is 0 Å². The van der Waals surface area contributed by atoms with Gasteiger partial charge in [0.05, 0.1) is 25.4 Å². The zero-order valence-electron chi connectivity index (χ0n) is 52.2. The minimum absolute atomic E-state index is 0.0123. The summed E-state index contributed by atoms with van der Waals surface area (Å²) in [6.45, 7) is 4.98. The van der Waals surface area contributed by atoms with Gasteiger partial charge in [-0.15, -0.1) is 0 Å². The molecule has 0 saturated carbocycles. The monoisotopic (exact) mass is 1080 g/mol. The van der Waals surface area contributed by atoms with Crippen LogP contribution in [0.3, 0.4) is 0 Å². The van der Waals surface area contributed by atoms with E-state index in [1.165, 1.54) is 315 Å². The van der Waals surface area contributed by atoms with Crippen LogP contribution in [0.1, 0.15) is 393 Å². The van der Waals surface area contributed by atoms with Crippen molar-refractivity contribution >= 4 is 11.9 Å². The molecule has 0 bridgehead atoms. The third kappa shape index (κ3) is 63.4. The number of hydrogen-bond donors (Lipinski definition) is 3. The van der Waals surface area contributed by atoms with Gasteiger partial charge in [-0.25, -0.2) is 0 Å². The highest BCUT2D eigenvalue weighted by molar-refractivity contribution is 5.76. The lowest BCUT2D eigenvalue weighted by molar-refractivity contribution is -0.143. The van der Waals surface area contributed by atoms with Gasteiger partial charge in [-0.2, -0.15) is 0 Å². The lowest BCUT2D eigenvalue weighted by Gasteiger charge is -2.22. The van der Waals surface area contributed by atoms with Crippen molar-refractivity contribution in [3.63, 3.8) is 0 Å². The van der Waals surface area contributed by atoms with E-state index < -0.39 is 12.1 Å². The predicted molar refractivity (Wildman–Crippen MR) is 338 cm³/mol. The number of aliphatic hydroxyl groups is 2. The molecule has 77 heavy (non-hydrogen) atoms. The Kier molecular flexibility index (Phi) is 65.4. The fourth-order valence-electron chi connectivity index (χ4n) is 11.1. The molecular formula is C71H137NO5. The zero-order valence-corrected chi connectivity index (χ0v) is 52.2. The van der Waals surface area contributed by atoms with E-state index in [0.717, 1.165) is 44.9 Å². The van der Waals surface area contributed by atoms with Crippen molar-refractivity contribution in [1.82, 2.24) is 5.32 Å². The molecule has 0 aliphatic heterocycles. The molecule has 6 nitrogen and oxygen atoms in total. The Balaban J connectivity index is 3.41. The SMILES string of the molecule is CCCCCCCCCCCCCCCCCCCCCCC(O)C(CO)NC(=O)CCCCCCCCCCCCCCC/C=C\C/C=C\CCCCCCCCCCCOC(=O)CCCCCCCCCCCCC. The molecule has 0 aliphatic rings. The summed E-state index contributed by atoms with van der Waals surface area (Å²) in [7, 11) is 0. The van der Waals surface area contributed by atoms with Crippen LogP contribution in [0.15, 0.2) is 24.3 Å². The van der Waals surface area contributed by atoms with Gasteiger partial charge in [0.2, 0.25) is 5.91 Å². The second-order valence-electron chi connectivity index (χ2n) is 24.2. The van der Waals surface area contributed by atoms with Crippen LogP contribution in [-0.4, -0.2) is 47.4 Å². The summed E-state index contributed by atoms with van der Waals surface area (Å²) in [5.74, 6) is -0.0194. The number of ether oxygens (including phenoxy) is 1. The Hall–Kier alpha value is -1.66. The first kappa shape index (κ1) is 75.3. The molecule has 0 saturated heterocycles. The van der Waals surface area contributed by atoms with Gasteiger partial charge in [0, 0.05) is 12.8 Å². The molecule has 0 heterocycles. The molecule has 2 atom stereocenters. The van der Waals surface area contributed by atoms with Crippen LogP contribution in [0, 0.1) is 0 Å². The first-order chi connectivity index (χ1) is 38.0. The normalized spacial score (nSPS) is 12.6. The van der Waals surface area contributed by atoms with E-state index in [0.29, 0.717) is 25.9 Å². The molecule has 6 heteroatoms. The topological polar surface area (TPSA) is 95.9 Å². The van der Waals surface area contributed by atoms with Gasteiger partial charge < -0.3 is 20.3 Å². The van der Waals surface area contributed by atoms with E-state index in [9.17, 15) is 19.8 Å². The third-order valence-electron chi connectivity index (χ3n) is 16.5. The van der Waals surface area contributed by atoms with Crippen molar-refractivity contribution in [2.75, 3.05) is 13.2 Å². The number of hydrogen-bond acceptors (Lipinski definition) is 5. The lowest BCUT2D eigenvalue weighted by Crippen LogP contribution is -2.45. The second kappa shape index (κ2) is 66.8. The minimum atomic E-state index is -0.666. The van der Waals surface area contributed by atoms with Crippen LogP contribution < -0.4 is 5.32 Å². The fraction of sp³-hybridized carbons (Fsp3) is 0.915. The highest BCUT2D eigenvalue weighted by Gasteiger charge is 2.20. The van der Waals surface area contributed by atoms with Gasteiger partial charge in [-0.1, -0.05) is 346 Å². The Morgan fingerprint density at radius 1 is 0.364 bits per heavy atom. The zero-order chi connectivity index (χ0) is 55.7. The number of carbonyl (C=O) groups excluding carboxylic acids is 2. The molecule has 0 rings (SSSR count). The van der Waals surface area contributed by atoms with Gasteiger partial charge in [0.15, 0.2) is 0 Å². The van der Waals surface area contributed by atoms with E-state index in [4.69, 9.17) is 4.74 Å². The average molecular weight is 1080 g/mol. The highest BCUT2D eigenvalue weighted by atomic mass is 16.5. The molecule has 0 radical (unpaired) electrons. The van der Waals surface area contributed by atoms with Gasteiger partial charge in [0.1, 0.15) is 0 Å². The average Bonchev–Trinajstić information content (AvgIpc) is 3.43. The highest BCUT2D eigenvalue weighted by Crippen LogP contribution is 2.19. The lowest BCUT2D eigenvalue weighted by atomic mass is 10.0. The summed E-state index contributed by atoms with van der Waals surface area (Å²) in [5, 5.41) is 23.4. The molecule has 456 valence electrons. The number of carbonyl (C=O) groups is 2. The Labute approximate surface area is 481 Å². The standard InChI is InChI=1S/C71H137NO5/c1-3-5-7-9-11-13-15-16-17-18-19-31-34-37-40-44-47-51-55-59-63-69(74)68(67-73)72-70(75)64-60-56-52-48-45-41-38-35-32-29-27-25-23-21-20-22-24-26-28-30-33-36-39-42-46-50-54-58-62-66-77-71(76)65-61-57-53-49-43-14-12-10-8-6-4-2/h20,22,26,28,68-69,73-74H,3-19,21,23-25,27,29-67H2,1-2H3,(H,72,75)/b22-20-,28-26-. The molecule has 2 unspecified atom stereocenters. The summed E-state index contributed by atoms with van der Waals surface area (Å²) in [4.78, 5) is 24.5. The number of amides is 1. The maximum Gasteiger partial charge on any atom is 0.305 e. The van der Waals surface area contributed by atoms with Crippen molar-refractivity contribution in [1.29, 1.82) is 0 Å². The first-order valence-electron chi connectivity index (χ1n) is 35.1. The quantitative estimate of drug-likeness (QED) is 0.0320. The Bertz CT molecular complexity index is 1200. The van der Waals surface area contributed by atoms with E-state index in [2.05, 4.69) is 43.5 Å². The maximum atomic E-state index is 12.5. The maximum absolute atomic E-state index is 12.5. The van der Waals surface area contributed by atoms with Crippen molar-refractivity contribution in [3.8, 4) is 0 Å². The molecule has 0 fully saturated rings. The van der Waals surface area contributed by atoms with E-state index in [1.54, 1.807) is 0 Å². The Morgan fingerprint density at radius 3 is 0.987 bits per heavy atom. The molecule has 0 aromatic rings. The molecule has 0 aromatic carbocycles. The van der Waals surface area contributed by atoms with Crippen LogP contribution in [0.25, 0.3) is 0 Å². The number of nitrogens with one attached hydrogen (secondary N) is 1. The smallest absolute Gasteiger partial charge is 0.305 e. The third-order valence-corrected chi connectivity index (χ3v) is 16.5. The summed E-state index contributed by atoms with van der Waals surface area (Å²) in [5.41, 5.74) is 0. The number of rotatable bonds is 66. The van der Waals surface area contributed by atoms with Crippen molar-refractivity contribution in [2.24, 2.45) is 0 Å². The van der Waals surface area contributed by atoms with E-state index in [1.807, 2.05) is 0 Å². The summed E-state index contributed by atoms with van der Waals surface area (Å²) in [6.07, 6.45) is 83.7. The van der Waals surface area contributed by atoms with Crippen molar-refractivity contribution < 1.29 is 24.5 Å². The molecule has 1 amide bonds. The summed E-state index contributed by atoms with van der Waals surface area (Å²) in [6, 6.07) is -0.543. The number of aliphatic hydroxyl groups excluding tert-OH is 2. The van der Waals surface area contributed by atoms with Crippen molar-refractivity contribution in [3.05, 3.63) is 24.3 Å². The Morgan fingerprint density at radius 2 is 0.649 bits per heavy atom. The molecule has 0 aromatic heterocycles. The van der Waals surface area contributed by atoms with E-state index >= 15 is 0 Å². The second-order valence-corrected chi connectivity index (χ2v) is 24.2. The van der Waals surface area contributed by atoms with Crippen molar-refractivity contribution in [2.45, 2.75) is 405 Å². The predicted octanol–water partition coefficient (Wildman–Crippen LogP) is 22.5. The van der Waals surface area contributed by atoms with E-state index in [-0.39, 0.29) is 18.5 Å². The summed E-state index contributed by atoms with van der Waals surface area (Å²) >= 11 is 0. The molecule has 0 spiro atoms.